The number of hydrogen-bond donors (Lipinski definition) is 2. The third-order valence-electron chi connectivity index (χ3n) is 4.16. The van der Waals surface area contributed by atoms with Gasteiger partial charge in [-0.25, -0.2) is 8.42 Å². The smallest absolute Gasteiger partial charge is 0.243 e. The molecule has 0 bridgehead atoms. The first-order valence-electron chi connectivity index (χ1n) is 8.71. The Hall–Kier alpha value is -2.38. The average molecular weight is 423 g/mol. The van der Waals surface area contributed by atoms with Gasteiger partial charge in [-0.3, -0.25) is 9.59 Å². The van der Waals surface area contributed by atoms with Gasteiger partial charge in [-0.15, -0.1) is 0 Å². The van der Waals surface area contributed by atoms with Crippen LogP contribution < -0.4 is 10.6 Å². The molecule has 150 valence electrons. The third-order valence-corrected chi connectivity index (χ3v) is 6.14. The van der Waals surface area contributed by atoms with Gasteiger partial charge in [0.25, 0.3) is 0 Å². The SMILES string of the molecule is Cc1cc(C)c(NC(=O)CNC(=O)CCS(=O)(=O)c2ccc(Cl)cc2)c(C)c1. The van der Waals surface area contributed by atoms with Gasteiger partial charge < -0.3 is 10.6 Å². The van der Waals surface area contributed by atoms with Gasteiger partial charge >= 0.3 is 0 Å². The highest BCUT2D eigenvalue weighted by Gasteiger charge is 2.17. The molecule has 6 nitrogen and oxygen atoms in total. The molecule has 0 saturated heterocycles. The van der Waals surface area contributed by atoms with Crippen LogP contribution in [-0.4, -0.2) is 32.5 Å². The number of benzene rings is 2. The van der Waals surface area contributed by atoms with Gasteiger partial charge in [0.15, 0.2) is 9.84 Å². The minimum Gasteiger partial charge on any atom is -0.347 e. The molecule has 0 atom stereocenters. The molecule has 0 saturated carbocycles. The summed E-state index contributed by atoms with van der Waals surface area (Å²) < 4.78 is 24.5. The fourth-order valence-corrected chi connectivity index (χ4v) is 4.18. The minimum atomic E-state index is -3.59. The molecule has 28 heavy (non-hydrogen) atoms. The predicted molar refractivity (Wildman–Crippen MR) is 110 cm³/mol. The maximum Gasteiger partial charge on any atom is 0.243 e. The zero-order valence-electron chi connectivity index (χ0n) is 16.0. The number of carbonyl (C=O) groups is 2. The molecule has 0 spiro atoms. The first kappa shape index (κ1) is 21.9. The van der Waals surface area contributed by atoms with E-state index in [1.165, 1.54) is 24.3 Å². The Morgan fingerprint density at radius 1 is 0.964 bits per heavy atom. The van der Waals surface area contributed by atoms with Crippen LogP contribution in [0.3, 0.4) is 0 Å². The summed E-state index contributed by atoms with van der Waals surface area (Å²) in [6.07, 6.45) is -0.235. The Morgan fingerprint density at radius 2 is 1.54 bits per heavy atom. The van der Waals surface area contributed by atoms with Crippen molar-refractivity contribution in [3.63, 3.8) is 0 Å². The second-order valence-corrected chi connectivity index (χ2v) is 9.17. The molecule has 0 unspecified atom stereocenters. The van der Waals surface area contributed by atoms with Gasteiger partial charge in [0.2, 0.25) is 11.8 Å². The number of amides is 2. The van der Waals surface area contributed by atoms with Crippen molar-refractivity contribution in [3.8, 4) is 0 Å². The van der Waals surface area contributed by atoms with Crippen molar-refractivity contribution in [2.45, 2.75) is 32.1 Å². The number of hydrogen-bond acceptors (Lipinski definition) is 4. The zero-order valence-corrected chi connectivity index (χ0v) is 17.6. The highest BCUT2D eigenvalue weighted by molar-refractivity contribution is 7.91. The van der Waals surface area contributed by atoms with Crippen LogP contribution in [0.4, 0.5) is 5.69 Å². The van der Waals surface area contributed by atoms with E-state index in [-0.39, 0.29) is 29.5 Å². The van der Waals surface area contributed by atoms with E-state index in [1.54, 1.807) is 0 Å². The summed E-state index contributed by atoms with van der Waals surface area (Å²) in [6.45, 7) is 5.54. The zero-order chi connectivity index (χ0) is 20.9. The Morgan fingerprint density at radius 3 is 2.11 bits per heavy atom. The van der Waals surface area contributed by atoms with Crippen molar-refractivity contribution < 1.29 is 18.0 Å². The monoisotopic (exact) mass is 422 g/mol. The molecule has 0 aliphatic carbocycles. The van der Waals surface area contributed by atoms with Crippen LogP contribution in [-0.2, 0) is 19.4 Å². The van der Waals surface area contributed by atoms with Crippen LogP contribution in [0.5, 0.6) is 0 Å². The van der Waals surface area contributed by atoms with E-state index in [2.05, 4.69) is 10.6 Å². The fraction of sp³-hybridized carbons (Fsp3) is 0.300. The van der Waals surface area contributed by atoms with Crippen LogP contribution in [0.2, 0.25) is 5.02 Å². The second-order valence-electron chi connectivity index (χ2n) is 6.62. The maximum absolute atomic E-state index is 12.2. The van der Waals surface area contributed by atoms with Crippen molar-refractivity contribution in [3.05, 3.63) is 58.1 Å². The number of carbonyl (C=O) groups excluding carboxylic acids is 2. The highest BCUT2D eigenvalue weighted by Crippen LogP contribution is 2.21. The van der Waals surface area contributed by atoms with Crippen LogP contribution in [0.25, 0.3) is 0 Å². The number of anilines is 1. The van der Waals surface area contributed by atoms with E-state index in [9.17, 15) is 18.0 Å². The number of halogens is 1. The van der Waals surface area contributed by atoms with Crippen LogP contribution >= 0.6 is 11.6 Å². The lowest BCUT2D eigenvalue weighted by Crippen LogP contribution is -2.34. The highest BCUT2D eigenvalue weighted by atomic mass is 35.5. The summed E-state index contributed by atoms with van der Waals surface area (Å²) in [5, 5.41) is 5.66. The summed E-state index contributed by atoms with van der Waals surface area (Å²) in [5.74, 6) is -1.23. The first-order chi connectivity index (χ1) is 13.1. The van der Waals surface area contributed by atoms with Gasteiger partial charge in [-0.1, -0.05) is 29.3 Å². The van der Waals surface area contributed by atoms with Crippen LogP contribution in [0.15, 0.2) is 41.3 Å². The summed E-state index contributed by atoms with van der Waals surface area (Å²) in [5.41, 5.74) is 3.69. The summed E-state index contributed by atoms with van der Waals surface area (Å²) in [6, 6.07) is 9.68. The standard InChI is InChI=1S/C20H23ClN2O4S/c1-13-10-14(2)20(15(3)11-13)23-19(25)12-22-18(24)8-9-28(26,27)17-6-4-16(21)5-7-17/h4-7,10-11H,8-9,12H2,1-3H3,(H,22,24)(H,23,25). The Kier molecular flexibility index (Phi) is 7.21. The average Bonchev–Trinajstić information content (AvgIpc) is 2.61. The van der Waals surface area contributed by atoms with E-state index in [4.69, 9.17) is 11.6 Å². The van der Waals surface area contributed by atoms with Gasteiger partial charge in [0, 0.05) is 17.1 Å². The predicted octanol–water partition coefficient (Wildman–Crippen LogP) is 3.18. The van der Waals surface area contributed by atoms with Gasteiger partial charge in [-0.05, 0) is 56.2 Å². The molecular weight excluding hydrogens is 400 g/mol. The molecule has 0 aromatic heterocycles. The van der Waals surface area contributed by atoms with Gasteiger partial charge in [0.05, 0.1) is 17.2 Å². The number of sulfone groups is 1. The van der Waals surface area contributed by atoms with Crippen molar-refractivity contribution in [1.82, 2.24) is 5.32 Å². The summed E-state index contributed by atoms with van der Waals surface area (Å²) in [4.78, 5) is 24.1. The topological polar surface area (TPSA) is 92.3 Å². The van der Waals surface area contributed by atoms with Crippen LogP contribution in [0, 0.1) is 20.8 Å². The molecule has 0 fully saturated rings. The minimum absolute atomic E-state index is 0.104. The molecule has 0 radical (unpaired) electrons. The molecule has 8 heteroatoms. The summed E-state index contributed by atoms with van der Waals surface area (Å²) in [7, 11) is -3.59. The lowest BCUT2D eigenvalue weighted by Gasteiger charge is -2.13. The second kappa shape index (κ2) is 9.21. The van der Waals surface area contributed by atoms with Gasteiger partial charge in [-0.2, -0.15) is 0 Å². The van der Waals surface area contributed by atoms with Crippen molar-refractivity contribution in [2.24, 2.45) is 0 Å². The van der Waals surface area contributed by atoms with Crippen molar-refractivity contribution >= 4 is 38.9 Å². The molecule has 2 aromatic carbocycles. The molecule has 2 aromatic rings. The Labute approximate surface area is 170 Å². The van der Waals surface area contributed by atoms with Crippen molar-refractivity contribution in [1.29, 1.82) is 0 Å². The maximum atomic E-state index is 12.2. The fourth-order valence-electron chi connectivity index (χ4n) is 2.81. The van der Waals surface area contributed by atoms with Crippen LogP contribution in [0.1, 0.15) is 23.1 Å². The molecule has 2 amide bonds. The number of aryl methyl sites for hydroxylation is 3. The van der Waals surface area contributed by atoms with E-state index < -0.39 is 15.7 Å². The Bertz CT molecular complexity index is 963. The molecule has 2 rings (SSSR count). The Balaban J connectivity index is 1.85. The number of nitrogens with one attached hydrogen (secondary N) is 2. The van der Waals surface area contributed by atoms with E-state index in [0.717, 1.165) is 22.4 Å². The molecule has 0 heterocycles. The first-order valence-corrected chi connectivity index (χ1v) is 10.7. The van der Waals surface area contributed by atoms with E-state index in [0.29, 0.717) is 5.02 Å². The third kappa shape index (κ3) is 6.07. The lowest BCUT2D eigenvalue weighted by atomic mass is 10.1. The normalized spacial score (nSPS) is 11.1. The molecular formula is C20H23ClN2O4S. The van der Waals surface area contributed by atoms with E-state index >= 15 is 0 Å². The quantitative estimate of drug-likeness (QED) is 0.716. The largest absolute Gasteiger partial charge is 0.347 e. The van der Waals surface area contributed by atoms with Gasteiger partial charge in [0.1, 0.15) is 0 Å². The lowest BCUT2D eigenvalue weighted by molar-refractivity contribution is -0.123. The summed E-state index contributed by atoms with van der Waals surface area (Å²) >= 11 is 5.75. The molecule has 2 N–H and O–H groups in total. The van der Waals surface area contributed by atoms with E-state index in [1.807, 2.05) is 32.9 Å². The van der Waals surface area contributed by atoms with Crippen molar-refractivity contribution in [2.75, 3.05) is 17.6 Å². The number of rotatable bonds is 7. The molecule has 0 aliphatic heterocycles. The molecule has 0 aliphatic rings.